The van der Waals surface area contributed by atoms with Crippen LogP contribution in [-0.4, -0.2) is 16.7 Å². The molecule has 3 heteroatoms. The molecule has 0 saturated heterocycles. The number of hydrogen-bond acceptors (Lipinski definition) is 1. The summed E-state index contributed by atoms with van der Waals surface area (Å²) in [5.74, 6) is 0. The largest absolute Gasteiger partial charge is 0.344 e. The van der Waals surface area contributed by atoms with Gasteiger partial charge in [-0.3, -0.25) is 4.57 Å². The van der Waals surface area contributed by atoms with Crippen LogP contribution in [0.4, 0.5) is 0 Å². The Morgan fingerprint density at radius 3 is 2.55 bits per heavy atom. The van der Waals surface area contributed by atoms with E-state index in [1.165, 1.54) is 0 Å². The molecule has 2 nitrogen and oxygen atoms in total. The molecule has 0 aromatic carbocycles. The Kier molecular flexibility index (Phi) is 4.71. The standard InChI is InChI=1S/C8H17O2P/c1-4-6-7-11(9,10)8(3)5-2/h4,6,8H,5,7H2,1-3H3,(H,9,10). The van der Waals surface area contributed by atoms with E-state index in [4.69, 9.17) is 0 Å². The topological polar surface area (TPSA) is 37.3 Å². The minimum absolute atomic E-state index is 0.0706. The monoisotopic (exact) mass is 176 g/mol. The van der Waals surface area contributed by atoms with Crippen LogP contribution in [0.2, 0.25) is 0 Å². The molecule has 0 fully saturated rings. The highest BCUT2D eigenvalue weighted by atomic mass is 31.2. The highest BCUT2D eigenvalue weighted by Gasteiger charge is 2.23. The summed E-state index contributed by atoms with van der Waals surface area (Å²) in [7, 11) is -2.89. The zero-order chi connectivity index (χ0) is 8.91. The van der Waals surface area contributed by atoms with Gasteiger partial charge < -0.3 is 4.89 Å². The van der Waals surface area contributed by atoms with E-state index in [2.05, 4.69) is 0 Å². The van der Waals surface area contributed by atoms with E-state index in [-0.39, 0.29) is 5.66 Å². The molecule has 0 heterocycles. The first kappa shape index (κ1) is 10.9. The molecule has 0 bridgehead atoms. The summed E-state index contributed by atoms with van der Waals surface area (Å²) >= 11 is 0. The van der Waals surface area contributed by atoms with E-state index in [9.17, 15) is 9.46 Å². The van der Waals surface area contributed by atoms with Crippen molar-refractivity contribution in [3.63, 3.8) is 0 Å². The SMILES string of the molecule is CC=CCP(=O)(O)C(C)CC. The number of rotatable bonds is 4. The average Bonchev–Trinajstić information content (AvgIpc) is 1.99. The summed E-state index contributed by atoms with van der Waals surface area (Å²) in [6, 6.07) is 0. The molecule has 1 N–H and O–H groups in total. The Hall–Kier alpha value is -0.0700. The summed E-state index contributed by atoms with van der Waals surface area (Å²) < 4.78 is 11.4. The average molecular weight is 176 g/mol. The van der Waals surface area contributed by atoms with Crippen LogP contribution in [-0.2, 0) is 4.57 Å². The van der Waals surface area contributed by atoms with Crippen molar-refractivity contribution in [2.24, 2.45) is 0 Å². The summed E-state index contributed by atoms with van der Waals surface area (Å²) in [6.45, 7) is 5.62. The van der Waals surface area contributed by atoms with Gasteiger partial charge in [-0.15, -0.1) is 0 Å². The molecule has 66 valence electrons. The predicted molar refractivity (Wildman–Crippen MR) is 49.3 cm³/mol. The van der Waals surface area contributed by atoms with Crippen LogP contribution < -0.4 is 0 Å². The summed E-state index contributed by atoms with van der Waals surface area (Å²) in [5.41, 5.74) is -0.0706. The van der Waals surface area contributed by atoms with Crippen molar-refractivity contribution >= 4 is 7.37 Å². The van der Waals surface area contributed by atoms with Gasteiger partial charge in [0.05, 0.1) is 0 Å². The van der Waals surface area contributed by atoms with Crippen molar-refractivity contribution in [2.75, 3.05) is 6.16 Å². The van der Waals surface area contributed by atoms with Crippen LogP contribution in [0.1, 0.15) is 27.2 Å². The number of allylic oxidation sites excluding steroid dienone is 2. The zero-order valence-electron chi connectivity index (χ0n) is 7.45. The third kappa shape index (κ3) is 3.74. The van der Waals surface area contributed by atoms with Gasteiger partial charge in [0.25, 0.3) is 0 Å². The normalized spacial score (nSPS) is 20.0. The smallest absolute Gasteiger partial charge is 0.206 e. The molecule has 2 unspecified atom stereocenters. The maximum absolute atomic E-state index is 11.4. The first-order valence-corrected chi connectivity index (χ1v) is 5.88. The van der Waals surface area contributed by atoms with E-state index in [0.29, 0.717) is 6.16 Å². The Balaban J connectivity index is 4.10. The third-order valence-corrected chi connectivity index (χ3v) is 4.36. The minimum atomic E-state index is -2.89. The van der Waals surface area contributed by atoms with Crippen LogP contribution in [0.5, 0.6) is 0 Å². The molecule has 0 aliphatic carbocycles. The predicted octanol–water partition coefficient (Wildman–Crippen LogP) is 2.63. The van der Waals surface area contributed by atoms with Gasteiger partial charge in [0.1, 0.15) is 0 Å². The van der Waals surface area contributed by atoms with Crippen molar-refractivity contribution in [1.82, 2.24) is 0 Å². The molecule has 11 heavy (non-hydrogen) atoms. The maximum atomic E-state index is 11.4. The highest BCUT2D eigenvalue weighted by Crippen LogP contribution is 2.47. The van der Waals surface area contributed by atoms with Gasteiger partial charge in [0.15, 0.2) is 0 Å². The van der Waals surface area contributed by atoms with Crippen LogP contribution in [0.3, 0.4) is 0 Å². The first-order chi connectivity index (χ1) is 5.04. The van der Waals surface area contributed by atoms with E-state index in [1.807, 2.05) is 26.8 Å². The van der Waals surface area contributed by atoms with Crippen LogP contribution in [0, 0.1) is 0 Å². The molecule has 0 saturated carbocycles. The van der Waals surface area contributed by atoms with Gasteiger partial charge in [-0.25, -0.2) is 0 Å². The lowest BCUT2D eigenvalue weighted by Crippen LogP contribution is -2.03. The quantitative estimate of drug-likeness (QED) is 0.528. The van der Waals surface area contributed by atoms with Crippen molar-refractivity contribution in [1.29, 1.82) is 0 Å². The van der Waals surface area contributed by atoms with E-state index in [0.717, 1.165) is 6.42 Å². The van der Waals surface area contributed by atoms with Crippen molar-refractivity contribution in [2.45, 2.75) is 32.9 Å². The van der Waals surface area contributed by atoms with Crippen LogP contribution >= 0.6 is 7.37 Å². The van der Waals surface area contributed by atoms with E-state index < -0.39 is 7.37 Å². The summed E-state index contributed by atoms with van der Waals surface area (Å²) in [6.07, 6.45) is 4.65. The molecule has 0 amide bonds. The molecule has 0 radical (unpaired) electrons. The fourth-order valence-electron chi connectivity index (χ4n) is 0.722. The fraction of sp³-hybridized carbons (Fsp3) is 0.750. The number of hydrogen-bond donors (Lipinski definition) is 1. The lowest BCUT2D eigenvalue weighted by molar-refractivity contribution is 0.467. The third-order valence-electron chi connectivity index (χ3n) is 1.88. The molecule has 0 aliphatic heterocycles. The van der Waals surface area contributed by atoms with Gasteiger partial charge in [0.2, 0.25) is 7.37 Å². The maximum Gasteiger partial charge on any atom is 0.206 e. The Morgan fingerprint density at radius 1 is 1.64 bits per heavy atom. The molecule has 0 aromatic heterocycles. The second-order valence-corrected chi connectivity index (χ2v) is 5.52. The Labute approximate surface area is 68.8 Å². The van der Waals surface area contributed by atoms with Gasteiger partial charge in [-0.1, -0.05) is 26.0 Å². The van der Waals surface area contributed by atoms with Gasteiger partial charge in [0, 0.05) is 11.8 Å². The molecular formula is C8H17O2P. The molecular weight excluding hydrogens is 159 g/mol. The Bertz CT molecular complexity index is 175. The first-order valence-electron chi connectivity index (χ1n) is 3.97. The summed E-state index contributed by atoms with van der Waals surface area (Å²) in [4.78, 5) is 9.42. The van der Waals surface area contributed by atoms with Gasteiger partial charge in [-0.05, 0) is 13.3 Å². The van der Waals surface area contributed by atoms with Crippen LogP contribution in [0.15, 0.2) is 12.2 Å². The lowest BCUT2D eigenvalue weighted by atomic mass is 10.4. The fourth-order valence-corrected chi connectivity index (χ4v) is 2.17. The Morgan fingerprint density at radius 2 is 2.18 bits per heavy atom. The van der Waals surface area contributed by atoms with Crippen molar-refractivity contribution < 1.29 is 9.46 Å². The molecule has 0 aromatic rings. The van der Waals surface area contributed by atoms with Gasteiger partial charge in [-0.2, -0.15) is 0 Å². The second-order valence-electron chi connectivity index (χ2n) is 2.76. The summed E-state index contributed by atoms with van der Waals surface area (Å²) in [5, 5.41) is 0. The van der Waals surface area contributed by atoms with Crippen molar-refractivity contribution in [3.05, 3.63) is 12.2 Å². The minimum Gasteiger partial charge on any atom is -0.344 e. The second kappa shape index (κ2) is 4.74. The molecule has 2 atom stereocenters. The van der Waals surface area contributed by atoms with E-state index >= 15 is 0 Å². The highest BCUT2D eigenvalue weighted by molar-refractivity contribution is 7.58. The molecule has 0 spiro atoms. The van der Waals surface area contributed by atoms with Crippen molar-refractivity contribution in [3.8, 4) is 0 Å². The molecule has 0 rings (SSSR count). The van der Waals surface area contributed by atoms with E-state index in [1.54, 1.807) is 6.08 Å². The van der Waals surface area contributed by atoms with Gasteiger partial charge >= 0.3 is 0 Å². The lowest BCUT2D eigenvalue weighted by Gasteiger charge is -2.15. The van der Waals surface area contributed by atoms with Crippen LogP contribution in [0.25, 0.3) is 0 Å². The molecule has 0 aliphatic rings. The zero-order valence-corrected chi connectivity index (χ0v) is 8.34.